The third-order valence-electron chi connectivity index (χ3n) is 4.70. The summed E-state index contributed by atoms with van der Waals surface area (Å²) in [7, 11) is -4.74. The number of hydrogen-bond acceptors (Lipinski definition) is 11. The van der Waals surface area contributed by atoms with Crippen LogP contribution in [0, 0.1) is 0 Å². The quantitative estimate of drug-likeness (QED) is 0.206. The Morgan fingerprint density at radius 2 is 1.77 bits per heavy atom. The molecule has 0 aliphatic carbocycles. The monoisotopic (exact) mass is 459 g/mol. The molecule has 14 nitrogen and oxygen atoms in total. The molecule has 2 aliphatic rings. The number of carboxylic acids is 1. The van der Waals surface area contributed by atoms with Crippen LogP contribution >= 0.6 is 0 Å². The molecular formula is C15H25NO13S. The average molecular weight is 459 g/mol. The van der Waals surface area contributed by atoms with Crippen LogP contribution in [-0.2, 0) is 38.4 Å². The van der Waals surface area contributed by atoms with E-state index in [0.29, 0.717) is 0 Å². The molecular weight excluding hydrogens is 434 g/mol. The Kier molecular flexibility index (Phi) is 8.11. The van der Waals surface area contributed by atoms with Gasteiger partial charge in [0.1, 0.15) is 18.3 Å². The van der Waals surface area contributed by atoms with Gasteiger partial charge in [-0.3, -0.25) is 9.35 Å². The summed E-state index contributed by atoms with van der Waals surface area (Å²) in [5.74, 6) is -2.05. The van der Waals surface area contributed by atoms with E-state index in [9.17, 15) is 33.3 Å². The molecule has 15 heteroatoms. The first-order chi connectivity index (χ1) is 13.8. The number of nitrogens with one attached hydrogen (secondary N) is 1. The minimum atomic E-state index is -4.74. The molecule has 4 unspecified atom stereocenters. The summed E-state index contributed by atoms with van der Waals surface area (Å²) in [6.45, 7) is 2.18. The Morgan fingerprint density at radius 1 is 1.13 bits per heavy atom. The number of carbonyl (C=O) groups is 2. The van der Waals surface area contributed by atoms with Gasteiger partial charge in [-0.15, -0.1) is 0 Å². The minimum absolute atomic E-state index is 0.117. The number of aliphatic hydroxyl groups excluding tert-OH is 3. The first-order valence-corrected chi connectivity index (χ1v) is 10.3. The summed E-state index contributed by atoms with van der Waals surface area (Å²) in [5, 5.41) is 41.5. The van der Waals surface area contributed by atoms with Crippen molar-refractivity contribution in [3.8, 4) is 0 Å². The lowest BCUT2D eigenvalue weighted by molar-refractivity contribution is -0.314. The lowest BCUT2D eigenvalue weighted by Gasteiger charge is -2.44. The largest absolute Gasteiger partial charge is 0.479 e. The zero-order valence-electron chi connectivity index (χ0n) is 16.0. The summed E-state index contributed by atoms with van der Waals surface area (Å²) >= 11 is 0. The Labute approximate surface area is 171 Å². The van der Waals surface area contributed by atoms with Crippen molar-refractivity contribution in [2.45, 2.75) is 75.3 Å². The zero-order chi connectivity index (χ0) is 22.8. The summed E-state index contributed by atoms with van der Waals surface area (Å²) in [6, 6.07) is -0.826. The third-order valence-corrected chi connectivity index (χ3v) is 5.14. The van der Waals surface area contributed by atoms with Crippen molar-refractivity contribution >= 4 is 22.3 Å². The lowest BCUT2D eigenvalue weighted by Crippen LogP contribution is -2.63. The second kappa shape index (κ2) is 9.80. The van der Waals surface area contributed by atoms with Crippen LogP contribution in [0.2, 0.25) is 0 Å². The van der Waals surface area contributed by atoms with Crippen molar-refractivity contribution in [2.75, 3.05) is 6.61 Å². The van der Waals surface area contributed by atoms with E-state index in [0.717, 1.165) is 0 Å². The van der Waals surface area contributed by atoms with Gasteiger partial charge in [0.15, 0.2) is 12.4 Å². The molecule has 0 radical (unpaired) electrons. The van der Waals surface area contributed by atoms with E-state index in [1.165, 1.54) is 13.8 Å². The normalized spacial score (nSPS) is 40.0. The Hall–Kier alpha value is -1.43. The van der Waals surface area contributed by atoms with Gasteiger partial charge >= 0.3 is 16.4 Å². The molecule has 1 amide bonds. The minimum Gasteiger partial charge on any atom is -0.479 e. The molecule has 6 N–H and O–H groups in total. The lowest BCUT2D eigenvalue weighted by atomic mass is 9.95. The number of aliphatic hydroxyl groups is 3. The maximum atomic E-state index is 11.5. The average Bonchev–Trinajstić information content (AvgIpc) is 2.62. The molecule has 2 rings (SSSR count). The van der Waals surface area contributed by atoms with Crippen LogP contribution in [0.3, 0.4) is 0 Å². The Bertz CT molecular complexity index is 730. The van der Waals surface area contributed by atoms with Crippen LogP contribution in [0.25, 0.3) is 0 Å². The van der Waals surface area contributed by atoms with E-state index < -0.39 is 83.9 Å². The number of aliphatic carboxylic acids is 1. The molecule has 0 bridgehead atoms. The molecule has 9 atom stereocenters. The highest BCUT2D eigenvalue weighted by molar-refractivity contribution is 7.80. The second-order valence-electron chi connectivity index (χ2n) is 7.05. The van der Waals surface area contributed by atoms with E-state index in [1.54, 1.807) is 0 Å². The van der Waals surface area contributed by atoms with Crippen molar-refractivity contribution in [3.63, 3.8) is 0 Å². The summed E-state index contributed by atoms with van der Waals surface area (Å²) in [6.07, 6.45) is -12.0. The smallest absolute Gasteiger partial charge is 0.397 e. The molecule has 30 heavy (non-hydrogen) atoms. The topological polar surface area (TPSA) is 218 Å². The van der Waals surface area contributed by atoms with Crippen molar-refractivity contribution in [1.82, 2.24) is 5.32 Å². The summed E-state index contributed by atoms with van der Waals surface area (Å²) < 4.78 is 50.9. The van der Waals surface area contributed by atoms with Crippen molar-refractivity contribution < 1.29 is 61.4 Å². The summed E-state index contributed by atoms with van der Waals surface area (Å²) in [5.41, 5.74) is 0. The van der Waals surface area contributed by atoms with Gasteiger partial charge in [0, 0.05) is 13.3 Å². The molecule has 2 heterocycles. The predicted molar refractivity (Wildman–Crippen MR) is 93.2 cm³/mol. The van der Waals surface area contributed by atoms with Gasteiger partial charge in [0.05, 0.1) is 31.0 Å². The molecule has 0 saturated carbocycles. The fourth-order valence-corrected chi connectivity index (χ4v) is 3.67. The standard InChI is InChI=1S/C15H25NO13S/c1-5-9(16-6(2)17)8(3-7(27-5)4-26-30(23,24)25)28-15-12(20)10(18)11(19)13(29-15)14(21)22/h5,7-13,15,18-20H,3-4H2,1-2H3,(H,16,17)(H,21,22)(H,23,24,25)/t5-,7?,8+,9?,10+,11+,12?,13?,15-/m1/s1. The molecule has 0 spiro atoms. The first-order valence-electron chi connectivity index (χ1n) is 8.92. The van der Waals surface area contributed by atoms with Gasteiger partial charge in [0.25, 0.3) is 0 Å². The van der Waals surface area contributed by atoms with E-state index in [2.05, 4.69) is 9.50 Å². The van der Waals surface area contributed by atoms with Crippen LogP contribution in [0.1, 0.15) is 20.3 Å². The second-order valence-corrected chi connectivity index (χ2v) is 8.14. The fraction of sp³-hybridized carbons (Fsp3) is 0.867. The Balaban J connectivity index is 2.19. The van der Waals surface area contributed by atoms with Crippen LogP contribution in [0.4, 0.5) is 0 Å². The molecule has 0 aromatic carbocycles. The zero-order valence-corrected chi connectivity index (χ0v) is 16.8. The van der Waals surface area contributed by atoms with Crippen LogP contribution in [0.15, 0.2) is 0 Å². The van der Waals surface area contributed by atoms with Gasteiger partial charge in [-0.25, -0.2) is 8.98 Å². The van der Waals surface area contributed by atoms with Crippen LogP contribution < -0.4 is 5.32 Å². The van der Waals surface area contributed by atoms with Crippen LogP contribution in [0.5, 0.6) is 0 Å². The number of carboxylic acid groups (broad SMARTS) is 1. The van der Waals surface area contributed by atoms with Crippen molar-refractivity contribution in [3.05, 3.63) is 0 Å². The Morgan fingerprint density at radius 3 is 2.30 bits per heavy atom. The van der Waals surface area contributed by atoms with E-state index >= 15 is 0 Å². The van der Waals surface area contributed by atoms with Crippen molar-refractivity contribution in [2.24, 2.45) is 0 Å². The van der Waals surface area contributed by atoms with E-state index in [-0.39, 0.29) is 6.42 Å². The highest BCUT2D eigenvalue weighted by Crippen LogP contribution is 2.29. The number of rotatable bonds is 7. The third kappa shape index (κ3) is 6.29. The number of hydrogen-bond donors (Lipinski definition) is 6. The SMILES string of the molecule is CC(=O)NC1[C@@H](O[C@@H]2OC(C(=O)O)[C@@H](O)[C@H](O)C2O)CC(COS(=O)(=O)O)O[C@@H]1C. The molecule has 2 aliphatic heterocycles. The van der Waals surface area contributed by atoms with Gasteiger partial charge in [-0.05, 0) is 6.92 Å². The molecule has 174 valence electrons. The number of ether oxygens (including phenoxy) is 3. The predicted octanol–water partition coefficient (Wildman–Crippen LogP) is -3.23. The van der Waals surface area contributed by atoms with Gasteiger partial charge in [-0.1, -0.05) is 0 Å². The van der Waals surface area contributed by atoms with Gasteiger partial charge < -0.3 is 40.0 Å². The van der Waals surface area contributed by atoms with E-state index in [1.807, 2.05) is 0 Å². The molecule has 2 fully saturated rings. The number of amides is 1. The van der Waals surface area contributed by atoms with E-state index in [4.69, 9.17) is 23.9 Å². The summed E-state index contributed by atoms with van der Waals surface area (Å²) in [4.78, 5) is 22.8. The number of carbonyl (C=O) groups excluding carboxylic acids is 1. The highest BCUT2D eigenvalue weighted by Gasteiger charge is 2.49. The van der Waals surface area contributed by atoms with Gasteiger partial charge in [0.2, 0.25) is 5.91 Å². The van der Waals surface area contributed by atoms with Crippen molar-refractivity contribution in [1.29, 1.82) is 0 Å². The highest BCUT2D eigenvalue weighted by atomic mass is 32.3. The molecule has 0 aromatic rings. The maximum Gasteiger partial charge on any atom is 0.397 e. The fourth-order valence-electron chi connectivity index (χ4n) is 3.34. The molecule has 0 aromatic heterocycles. The van der Waals surface area contributed by atoms with Crippen LogP contribution in [-0.4, -0.2) is 107 Å². The maximum absolute atomic E-state index is 11.5. The van der Waals surface area contributed by atoms with Gasteiger partial charge in [-0.2, -0.15) is 8.42 Å². The molecule has 2 saturated heterocycles. The first kappa shape index (κ1) is 24.8.